The molecule has 2 aromatic rings. The fourth-order valence-corrected chi connectivity index (χ4v) is 3.22. The Balaban J connectivity index is 1.90. The molecule has 2 heteroatoms. The average molecular weight is 280 g/mol. The number of para-hydroxylation sites is 1. The van der Waals surface area contributed by atoms with Gasteiger partial charge in [0.25, 0.3) is 0 Å². The third kappa shape index (κ3) is 2.85. The minimum absolute atomic E-state index is 0.111. The second kappa shape index (κ2) is 6.13. The van der Waals surface area contributed by atoms with Gasteiger partial charge in [-0.05, 0) is 30.5 Å². The summed E-state index contributed by atoms with van der Waals surface area (Å²) in [6.07, 6.45) is 5.12. The first kappa shape index (κ1) is 13.9. The minimum atomic E-state index is -0.477. The predicted molar refractivity (Wildman–Crippen MR) is 83.3 cm³/mol. The Labute approximate surface area is 125 Å². The number of esters is 1. The highest BCUT2D eigenvalue weighted by Gasteiger charge is 2.42. The molecule has 1 aliphatic rings. The largest absolute Gasteiger partial charge is 0.426 e. The van der Waals surface area contributed by atoms with E-state index in [9.17, 15) is 4.79 Å². The molecule has 0 heterocycles. The van der Waals surface area contributed by atoms with Gasteiger partial charge in [-0.1, -0.05) is 67.8 Å². The van der Waals surface area contributed by atoms with Gasteiger partial charge >= 0.3 is 5.97 Å². The summed E-state index contributed by atoms with van der Waals surface area (Å²) in [4.78, 5) is 12.9. The van der Waals surface area contributed by atoms with Crippen molar-refractivity contribution in [3.05, 3.63) is 66.2 Å². The molecule has 2 aromatic carbocycles. The Kier molecular flexibility index (Phi) is 4.05. The number of hydrogen-bond acceptors (Lipinski definition) is 2. The van der Waals surface area contributed by atoms with Crippen molar-refractivity contribution in [2.24, 2.45) is 0 Å². The highest BCUT2D eigenvalue weighted by molar-refractivity contribution is 5.85. The molecule has 0 amide bonds. The molecular formula is C19H20O2. The molecular weight excluding hydrogens is 260 g/mol. The van der Waals surface area contributed by atoms with Gasteiger partial charge in [0.05, 0.1) is 5.41 Å². The van der Waals surface area contributed by atoms with E-state index in [1.807, 2.05) is 48.5 Å². The highest BCUT2D eigenvalue weighted by Crippen LogP contribution is 2.40. The molecule has 0 N–H and O–H groups in total. The third-order valence-electron chi connectivity index (χ3n) is 4.38. The van der Waals surface area contributed by atoms with Crippen LogP contribution in [0.2, 0.25) is 0 Å². The van der Waals surface area contributed by atoms with Crippen LogP contribution >= 0.6 is 0 Å². The fraction of sp³-hybridized carbons (Fsp3) is 0.316. The van der Waals surface area contributed by atoms with Crippen LogP contribution in [0.4, 0.5) is 0 Å². The maximum absolute atomic E-state index is 12.9. The number of ether oxygens (including phenoxy) is 1. The van der Waals surface area contributed by atoms with Crippen LogP contribution in [-0.2, 0) is 10.2 Å². The summed E-state index contributed by atoms with van der Waals surface area (Å²) in [7, 11) is 0. The second-order valence-corrected chi connectivity index (χ2v) is 5.71. The molecule has 1 saturated carbocycles. The van der Waals surface area contributed by atoms with Crippen LogP contribution in [0.5, 0.6) is 5.75 Å². The zero-order valence-electron chi connectivity index (χ0n) is 12.1. The molecule has 0 spiro atoms. The Morgan fingerprint density at radius 1 is 0.810 bits per heavy atom. The molecule has 1 aliphatic carbocycles. The molecule has 0 radical (unpaired) electrons. The van der Waals surface area contributed by atoms with Crippen LogP contribution in [0, 0.1) is 0 Å². The zero-order valence-corrected chi connectivity index (χ0v) is 12.1. The van der Waals surface area contributed by atoms with Crippen LogP contribution < -0.4 is 4.74 Å². The van der Waals surface area contributed by atoms with Crippen LogP contribution in [0.3, 0.4) is 0 Å². The van der Waals surface area contributed by atoms with E-state index in [2.05, 4.69) is 12.1 Å². The summed E-state index contributed by atoms with van der Waals surface area (Å²) in [6.45, 7) is 0. The smallest absolute Gasteiger partial charge is 0.321 e. The van der Waals surface area contributed by atoms with Crippen molar-refractivity contribution in [1.29, 1.82) is 0 Å². The molecule has 0 saturated heterocycles. The van der Waals surface area contributed by atoms with Crippen molar-refractivity contribution in [2.75, 3.05) is 0 Å². The van der Waals surface area contributed by atoms with Crippen molar-refractivity contribution >= 4 is 5.97 Å². The van der Waals surface area contributed by atoms with E-state index < -0.39 is 5.41 Å². The Bertz CT molecular complexity index is 583. The summed E-state index contributed by atoms with van der Waals surface area (Å²) < 4.78 is 5.67. The summed E-state index contributed by atoms with van der Waals surface area (Å²) in [5.41, 5.74) is 0.612. The second-order valence-electron chi connectivity index (χ2n) is 5.71. The van der Waals surface area contributed by atoms with Crippen molar-refractivity contribution < 1.29 is 9.53 Å². The topological polar surface area (TPSA) is 26.3 Å². The van der Waals surface area contributed by atoms with Gasteiger partial charge in [0.15, 0.2) is 0 Å². The number of benzene rings is 2. The maximum Gasteiger partial charge on any atom is 0.321 e. The third-order valence-corrected chi connectivity index (χ3v) is 4.38. The van der Waals surface area contributed by atoms with Crippen LogP contribution in [0.25, 0.3) is 0 Å². The Hall–Kier alpha value is -2.09. The number of rotatable bonds is 3. The zero-order chi connectivity index (χ0) is 14.5. The molecule has 0 bridgehead atoms. The van der Waals surface area contributed by atoms with E-state index in [1.54, 1.807) is 0 Å². The summed E-state index contributed by atoms with van der Waals surface area (Å²) in [5.74, 6) is 0.517. The molecule has 0 aromatic heterocycles. The van der Waals surface area contributed by atoms with E-state index in [0.29, 0.717) is 5.75 Å². The highest BCUT2D eigenvalue weighted by atomic mass is 16.5. The van der Waals surface area contributed by atoms with Crippen molar-refractivity contribution in [1.82, 2.24) is 0 Å². The maximum atomic E-state index is 12.9. The van der Waals surface area contributed by atoms with Crippen molar-refractivity contribution in [2.45, 2.75) is 37.5 Å². The first-order chi connectivity index (χ1) is 10.3. The van der Waals surface area contributed by atoms with Gasteiger partial charge in [0.1, 0.15) is 5.75 Å². The molecule has 0 aliphatic heterocycles. The molecule has 1 fully saturated rings. The fourth-order valence-electron chi connectivity index (χ4n) is 3.22. The monoisotopic (exact) mass is 280 g/mol. The van der Waals surface area contributed by atoms with Crippen LogP contribution in [-0.4, -0.2) is 5.97 Å². The average Bonchev–Trinajstić information content (AvgIpc) is 2.57. The molecule has 2 nitrogen and oxygen atoms in total. The van der Waals surface area contributed by atoms with Gasteiger partial charge in [0, 0.05) is 0 Å². The lowest BCUT2D eigenvalue weighted by molar-refractivity contribution is -0.142. The standard InChI is InChI=1S/C19H20O2/c20-18(21-17-12-6-2-7-13-17)19(14-8-3-9-15-19)16-10-4-1-5-11-16/h1-2,4-7,10-13H,3,8-9,14-15H2. The molecule has 108 valence electrons. The van der Waals surface area contributed by atoms with E-state index in [4.69, 9.17) is 4.74 Å². The normalized spacial score (nSPS) is 17.1. The first-order valence-corrected chi connectivity index (χ1v) is 7.64. The lowest BCUT2D eigenvalue weighted by Gasteiger charge is -2.35. The van der Waals surface area contributed by atoms with E-state index >= 15 is 0 Å². The SMILES string of the molecule is O=C(Oc1ccccc1)C1(c2ccccc2)CCCCC1. The van der Waals surface area contributed by atoms with Crippen molar-refractivity contribution in [3.8, 4) is 5.75 Å². The molecule has 0 unspecified atom stereocenters. The Morgan fingerprint density at radius 2 is 1.38 bits per heavy atom. The summed E-state index contributed by atoms with van der Waals surface area (Å²) >= 11 is 0. The quantitative estimate of drug-likeness (QED) is 0.611. The van der Waals surface area contributed by atoms with E-state index in [-0.39, 0.29) is 5.97 Å². The number of carbonyl (C=O) groups excluding carboxylic acids is 1. The van der Waals surface area contributed by atoms with Crippen LogP contribution in [0.1, 0.15) is 37.7 Å². The van der Waals surface area contributed by atoms with Crippen LogP contribution in [0.15, 0.2) is 60.7 Å². The lowest BCUT2D eigenvalue weighted by Crippen LogP contribution is -2.41. The lowest BCUT2D eigenvalue weighted by atomic mass is 9.69. The minimum Gasteiger partial charge on any atom is -0.426 e. The van der Waals surface area contributed by atoms with Gasteiger partial charge in [-0.3, -0.25) is 4.79 Å². The predicted octanol–water partition coefficient (Wildman–Crippen LogP) is 4.49. The van der Waals surface area contributed by atoms with Crippen molar-refractivity contribution in [3.63, 3.8) is 0 Å². The molecule has 0 atom stereocenters. The number of carbonyl (C=O) groups is 1. The first-order valence-electron chi connectivity index (χ1n) is 7.64. The van der Waals surface area contributed by atoms with Gasteiger partial charge in [0.2, 0.25) is 0 Å². The molecule has 21 heavy (non-hydrogen) atoms. The van der Waals surface area contributed by atoms with Gasteiger partial charge in [-0.2, -0.15) is 0 Å². The van der Waals surface area contributed by atoms with Gasteiger partial charge in [-0.15, -0.1) is 0 Å². The van der Waals surface area contributed by atoms with E-state index in [0.717, 1.165) is 31.2 Å². The summed E-state index contributed by atoms with van der Waals surface area (Å²) in [5, 5.41) is 0. The number of hydrogen-bond donors (Lipinski definition) is 0. The van der Waals surface area contributed by atoms with Gasteiger partial charge < -0.3 is 4.74 Å². The Morgan fingerprint density at radius 3 is 2.00 bits per heavy atom. The summed E-state index contributed by atoms with van der Waals surface area (Å²) in [6, 6.07) is 19.5. The molecule has 3 rings (SSSR count). The van der Waals surface area contributed by atoms with Gasteiger partial charge in [-0.25, -0.2) is 0 Å². The van der Waals surface area contributed by atoms with E-state index in [1.165, 1.54) is 6.42 Å².